The van der Waals surface area contributed by atoms with Gasteiger partial charge in [-0.25, -0.2) is 19.0 Å². The molecular formula is C22H24ClFN6O7. The smallest absolute Gasteiger partial charge is 0.431 e. The zero-order chi connectivity index (χ0) is 26.7. The number of pyridine rings is 1. The van der Waals surface area contributed by atoms with Gasteiger partial charge in [0.25, 0.3) is 0 Å². The van der Waals surface area contributed by atoms with Crippen molar-refractivity contribution in [3.63, 3.8) is 0 Å². The van der Waals surface area contributed by atoms with Crippen LogP contribution in [0, 0.1) is 0 Å². The van der Waals surface area contributed by atoms with E-state index in [4.69, 9.17) is 41.0 Å². The van der Waals surface area contributed by atoms with Crippen molar-refractivity contribution < 1.29 is 37.7 Å². The zero-order valence-electron chi connectivity index (χ0n) is 20.0. The molecule has 0 aromatic carbocycles. The number of nitrogens with two attached hydrogens (primary N) is 1. The lowest BCUT2D eigenvalue weighted by atomic mass is 10.1. The van der Waals surface area contributed by atoms with Gasteiger partial charge in [0.1, 0.15) is 30.4 Å². The molecule has 4 heterocycles. The van der Waals surface area contributed by atoms with Crippen LogP contribution in [0.25, 0.3) is 11.2 Å². The quantitative estimate of drug-likeness (QED) is 0.360. The number of imidazole rings is 1. The lowest BCUT2D eigenvalue weighted by Crippen LogP contribution is -2.38. The van der Waals surface area contributed by atoms with Crippen molar-refractivity contribution in [3.05, 3.63) is 41.7 Å². The number of nitrogen functional groups attached to an aromatic ring is 1. The summed E-state index contributed by atoms with van der Waals surface area (Å²) < 4.78 is 43.2. The molecule has 0 amide bonds. The summed E-state index contributed by atoms with van der Waals surface area (Å²) in [6.07, 6.45) is -3.91. The molecule has 1 aliphatic rings. The topological polar surface area (TPSA) is 163 Å². The Balaban J connectivity index is 1.50. The first kappa shape index (κ1) is 26.3. The number of halogens is 2. The minimum atomic E-state index is -1.94. The van der Waals surface area contributed by atoms with Crippen LogP contribution in [-0.2, 0) is 30.3 Å². The van der Waals surface area contributed by atoms with Gasteiger partial charge < -0.3 is 29.4 Å². The second kappa shape index (κ2) is 10.7. The van der Waals surface area contributed by atoms with E-state index in [1.165, 1.54) is 17.1 Å². The van der Waals surface area contributed by atoms with Crippen LogP contribution in [0.2, 0.25) is 5.28 Å². The van der Waals surface area contributed by atoms with E-state index in [-0.39, 0.29) is 28.9 Å². The van der Waals surface area contributed by atoms with Crippen LogP contribution in [0.1, 0.15) is 32.6 Å². The molecule has 4 rings (SSSR count). The number of fused-ring (bicyclic) bond motifs is 1. The summed E-state index contributed by atoms with van der Waals surface area (Å²) >= 11 is 5.90. The number of aromatic nitrogens is 5. The third kappa shape index (κ3) is 6.32. The van der Waals surface area contributed by atoms with E-state index in [1.54, 1.807) is 39.1 Å². The maximum Gasteiger partial charge on any atom is 0.509 e. The molecular weight excluding hydrogens is 515 g/mol. The monoisotopic (exact) mass is 538 g/mol. The number of carbonyl (C=O) groups excluding carboxylic acids is 2. The average molecular weight is 539 g/mol. The van der Waals surface area contributed by atoms with Crippen LogP contribution < -0.4 is 5.73 Å². The van der Waals surface area contributed by atoms with Gasteiger partial charge in [0, 0.05) is 18.0 Å². The molecule has 1 aliphatic heterocycles. The Morgan fingerprint density at radius 3 is 2.73 bits per heavy atom. The molecule has 13 nitrogen and oxygen atoms in total. The second-order valence-corrected chi connectivity index (χ2v) is 9.31. The first-order chi connectivity index (χ1) is 17.5. The third-order valence-electron chi connectivity index (χ3n) is 5.03. The molecule has 1 fully saturated rings. The normalized spacial score (nSPS) is 21.5. The largest absolute Gasteiger partial charge is 0.509 e. The van der Waals surface area contributed by atoms with Gasteiger partial charge in [-0.2, -0.15) is 9.97 Å². The first-order valence-electron chi connectivity index (χ1n) is 11.0. The molecule has 1 saturated heterocycles. The van der Waals surface area contributed by atoms with E-state index < -0.39 is 49.1 Å². The number of rotatable bonds is 6. The van der Waals surface area contributed by atoms with Crippen molar-refractivity contribution >= 4 is 40.9 Å². The van der Waals surface area contributed by atoms with Gasteiger partial charge in [0.05, 0.1) is 6.33 Å². The minimum absolute atomic E-state index is 0.0139. The number of nitrogens with zero attached hydrogens (tertiary/aromatic N) is 5. The average Bonchev–Trinajstić information content (AvgIpc) is 3.37. The summed E-state index contributed by atoms with van der Waals surface area (Å²) in [6.45, 7) is 4.28. The number of hydrogen-bond donors (Lipinski definition) is 1. The molecule has 3 aromatic rings. The first-order valence-corrected chi connectivity index (χ1v) is 11.4. The fourth-order valence-electron chi connectivity index (χ4n) is 3.49. The standard InChI is InChI=1S/C22H24ClFN6O7/c1-22(2,3)37-21(32)36-15-12(9-34-20(31)33-8-11-5-4-6-26-7-11)35-18(13(15)24)30-10-27-14-16(25)28-19(23)29-17(14)30/h4-7,10,12-13,15,18H,8-9H2,1-3H3,(H2,25,28,29)/t12-,13+,15-,18-/m1/s1. The zero-order valence-corrected chi connectivity index (χ0v) is 20.8. The van der Waals surface area contributed by atoms with E-state index in [9.17, 15) is 9.59 Å². The fourth-order valence-corrected chi connectivity index (χ4v) is 3.66. The maximum atomic E-state index is 15.7. The van der Waals surface area contributed by atoms with Crippen LogP contribution in [0.5, 0.6) is 0 Å². The Morgan fingerprint density at radius 1 is 1.24 bits per heavy atom. The van der Waals surface area contributed by atoms with Crippen molar-refractivity contribution in [3.8, 4) is 0 Å². The van der Waals surface area contributed by atoms with Crippen molar-refractivity contribution in [1.29, 1.82) is 0 Å². The lowest BCUT2D eigenvalue weighted by Gasteiger charge is -2.23. The van der Waals surface area contributed by atoms with Crippen LogP contribution in [0.15, 0.2) is 30.9 Å². The van der Waals surface area contributed by atoms with E-state index >= 15 is 4.39 Å². The molecule has 0 bridgehead atoms. The minimum Gasteiger partial charge on any atom is -0.431 e. The number of carbonyl (C=O) groups is 2. The van der Waals surface area contributed by atoms with E-state index in [1.807, 2.05) is 0 Å². The summed E-state index contributed by atoms with van der Waals surface area (Å²) in [5.41, 5.74) is 5.84. The maximum absolute atomic E-state index is 15.7. The predicted octanol–water partition coefficient (Wildman–Crippen LogP) is 3.37. The van der Waals surface area contributed by atoms with Gasteiger partial charge in [0.2, 0.25) is 5.28 Å². The van der Waals surface area contributed by atoms with Gasteiger partial charge in [-0.3, -0.25) is 9.55 Å². The fraction of sp³-hybridized carbons (Fsp3) is 0.455. The molecule has 4 atom stereocenters. The number of hydrogen-bond acceptors (Lipinski definition) is 12. The summed E-state index contributed by atoms with van der Waals surface area (Å²) in [5, 5.41) is -0.182. The SMILES string of the molecule is CC(C)(C)OC(=O)O[C@H]1[C@H](F)[C@H](n2cnc3c(N)nc(Cl)nc32)O[C@@H]1COC(=O)OCc1cccnc1. The van der Waals surface area contributed by atoms with Crippen molar-refractivity contribution in [1.82, 2.24) is 24.5 Å². The van der Waals surface area contributed by atoms with Gasteiger partial charge in [0.15, 0.2) is 30.0 Å². The van der Waals surface area contributed by atoms with Gasteiger partial charge in [-0.15, -0.1) is 0 Å². The van der Waals surface area contributed by atoms with Crippen LogP contribution >= 0.6 is 11.6 Å². The molecule has 15 heteroatoms. The van der Waals surface area contributed by atoms with E-state index in [0.717, 1.165) is 0 Å². The van der Waals surface area contributed by atoms with Crippen LogP contribution in [0.4, 0.5) is 19.8 Å². The van der Waals surface area contributed by atoms with E-state index in [0.29, 0.717) is 5.56 Å². The Bertz CT molecular complexity index is 1270. The Morgan fingerprint density at radius 2 is 2.03 bits per heavy atom. The van der Waals surface area contributed by atoms with Crippen molar-refractivity contribution in [2.45, 2.75) is 57.6 Å². The van der Waals surface area contributed by atoms with Gasteiger partial charge in [-0.1, -0.05) is 6.07 Å². The highest BCUT2D eigenvalue weighted by molar-refractivity contribution is 6.28. The summed E-state index contributed by atoms with van der Waals surface area (Å²) in [6, 6.07) is 3.39. The predicted molar refractivity (Wildman–Crippen MR) is 125 cm³/mol. The van der Waals surface area contributed by atoms with Crippen molar-refractivity contribution in [2.75, 3.05) is 12.3 Å². The Kier molecular flexibility index (Phi) is 7.59. The second-order valence-electron chi connectivity index (χ2n) is 8.97. The summed E-state index contributed by atoms with van der Waals surface area (Å²) in [4.78, 5) is 40.3. The highest BCUT2D eigenvalue weighted by Gasteiger charge is 2.50. The molecule has 0 aliphatic carbocycles. The van der Waals surface area contributed by atoms with Crippen LogP contribution in [0.3, 0.4) is 0 Å². The molecule has 37 heavy (non-hydrogen) atoms. The molecule has 0 saturated carbocycles. The number of ether oxygens (including phenoxy) is 5. The Labute approximate surface area is 215 Å². The molecule has 0 spiro atoms. The highest BCUT2D eigenvalue weighted by atomic mass is 35.5. The highest BCUT2D eigenvalue weighted by Crippen LogP contribution is 2.36. The molecule has 3 aromatic heterocycles. The van der Waals surface area contributed by atoms with Crippen molar-refractivity contribution in [2.24, 2.45) is 0 Å². The molecule has 2 N–H and O–H groups in total. The lowest BCUT2D eigenvalue weighted by molar-refractivity contribution is -0.0756. The number of anilines is 1. The summed E-state index contributed by atoms with van der Waals surface area (Å²) in [5.74, 6) is -0.0139. The van der Waals surface area contributed by atoms with Gasteiger partial charge >= 0.3 is 12.3 Å². The van der Waals surface area contributed by atoms with Crippen LogP contribution in [-0.4, -0.2) is 67.4 Å². The molecule has 0 unspecified atom stereocenters. The Hall–Kier alpha value is -3.78. The molecule has 198 valence electrons. The molecule has 0 radical (unpaired) electrons. The van der Waals surface area contributed by atoms with Gasteiger partial charge in [-0.05, 0) is 38.4 Å². The third-order valence-corrected chi connectivity index (χ3v) is 5.20. The van der Waals surface area contributed by atoms with E-state index in [2.05, 4.69) is 19.9 Å². The summed E-state index contributed by atoms with van der Waals surface area (Å²) in [7, 11) is 0. The number of alkyl halides is 1.